The quantitative estimate of drug-likeness (QED) is 0.260. The molecule has 4 saturated carbocycles. The van der Waals surface area contributed by atoms with Crippen LogP contribution in [0, 0.1) is 40.4 Å². The molecule has 0 amide bonds. The maximum atomic E-state index is 14.6. The first-order valence-electron chi connectivity index (χ1n) is 12.7. The number of rotatable bonds is 7. The summed E-state index contributed by atoms with van der Waals surface area (Å²) in [6.07, 6.45) is 4.21. The summed E-state index contributed by atoms with van der Waals surface area (Å²) in [5.74, 6) is -2.05. The lowest BCUT2D eigenvalue weighted by Crippen LogP contribution is -2.61. The number of aliphatic hydroxyl groups excluding tert-OH is 2. The van der Waals surface area contributed by atoms with Crippen LogP contribution in [0.25, 0.3) is 0 Å². The zero-order valence-electron chi connectivity index (χ0n) is 19.8. The van der Waals surface area contributed by atoms with Crippen molar-refractivity contribution >= 4 is 18.0 Å². The summed E-state index contributed by atoms with van der Waals surface area (Å²) in [4.78, 5) is 11.9. The second-order valence-corrected chi connectivity index (χ2v) is 12.4. The van der Waals surface area contributed by atoms with Crippen LogP contribution in [-0.4, -0.2) is 51.2 Å². The first-order valence-corrected chi connectivity index (χ1v) is 13.6. The molecule has 0 radical (unpaired) electrons. The predicted molar refractivity (Wildman–Crippen MR) is 123 cm³/mol. The Morgan fingerprint density at radius 1 is 1.09 bits per heavy atom. The molecule has 0 spiro atoms. The van der Waals surface area contributed by atoms with E-state index in [1.54, 1.807) is 0 Å². The fraction of sp³-hybridized carbons (Fsp3) is 0.960. The van der Waals surface area contributed by atoms with Crippen molar-refractivity contribution in [1.29, 1.82) is 0 Å². The molecule has 4 rings (SSSR count). The third-order valence-electron chi connectivity index (χ3n) is 10.3. The van der Waals surface area contributed by atoms with E-state index in [1.165, 1.54) is 0 Å². The zero-order chi connectivity index (χ0) is 24.0. The number of halogens is 2. The first kappa shape index (κ1) is 25.6. The number of ether oxygens (including phenoxy) is 1. The largest absolute Gasteiger partial charge is 0.465 e. The van der Waals surface area contributed by atoms with Crippen LogP contribution in [0.4, 0.5) is 8.78 Å². The SMILES string of the molecule is CC12CCC3C(C(O)CC4CC(O)C(F)(F)CC43C)C1CCC2CCCC(=O)OCCSO. The average molecular weight is 491 g/mol. The summed E-state index contributed by atoms with van der Waals surface area (Å²) >= 11 is 0.664. The summed E-state index contributed by atoms with van der Waals surface area (Å²) in [6.45, 7) is 4.54. The maximum Gasteiger partial charge on any atom is 0.305 e. The van der Waals surface area contributed by atoms with Gasteiger partial charge in [0.05, 0.1) is 11.9 Å². The molecule has 9 unspecified atom stereocenters. The van der Waals surface area contributed by atoms with Crippen molar-refractivity contribution in [3.63, 3.8) is 0 Å². The van der Waals surface area contributed by atoms with E-state index in [9.17, 15) is 23.8 Å². The molecule has 9 atom stereocenters. The Balaban J connectivity index is 1.42. The topological polar surface area (TPSA) is 87.0 Å². The number of hydrogen-bond donors (Lipinski definition) is 3. The second-order valence-electron chi connectivity index (χ2n) is 11.8. The lowest BCUT2D eigenvalue weighted by atomic mass is 9.43. The van der Waals surface area contributed by atoms with Gasteiger partial charge in [0, 0.05) is 12.8 Å². The molecule has 5 nitrogen and oxygen atoms in total. The van der Waals surface area contributed by atoms with Gasteiger partial charge in [0.15, 0.2) is 0 Å². The van der Waals surface area contributed by atoms with Gasteiger partial charge in [0.25, 0.3) is 5.92 Å². The summed E-state index contributed by atoms with van der Waals surface area (Å²) in [6, 6.07) is 0. The fourth-order valence-electron chi connectivity index (χ4n) is 8.57. The van der Waals surface area contributed by atoms with E-state index in [-0.39, 0.29) is 48.6 Å². The summed E-state index contributed by atoms with van der Waals surface area (Å²) < 4.78 is 43.1. The molecule has 4 aliphatic rings. The van der Waals surface area contributed by atoms with Crippen molar-refractivity contribution in [3.8, 4) is 0 Å². The molecule has 0 aromatic carbocycles. The van der Waals surface area contributed by atoms with Gasteiger partial charge >= 0.3 is 5.97 Å². The second kappa shape index (κ2) is 9.55. The van der Waals surface area contributed by atoms with E-state index in [0.717, 1.165) is 38.5 Å². The van der Waals surface area contributed by atoms with Crippen molar-refractivity contribution in [2.75, 3.05) is 12.4 Å². The van der Waals surface area contributed by atoms with Gasteiger partial charge < -0.3 is 19.5 Å². The minimum absolute atomic E-state index is 0.0435. The number of esters is 1. The number of carbonyl (C=O) groups is 1. The van der Waals surface area contributed by atoms with E-state index < -0.39 is 23.5 Å². The van der Waals surface area contributed by atoms with Crippen LogP contribution >= 0.6 is 12.0 Å². The fourth-order valence-corrected chi connectivity index (χ4v) is 8.73. The predicted octanol–water partition coefficient (Wildman–Crippen LogP) is 5.14. The molecular weight excluding hydrogens is 450 g/mol. The minimum atomic E-state index is -3.05. The Kier molecular flexibility index (Phi) is 7.42. The highest BCUT2D eigenvalue weighted by Crippen LogP contribution is 2.68. The highest BCUT2D eigenvalue weighted by atomic mass is 32.2. The number of hydrogen-bond acceptors (Lipinski definition) is 6. The van der Waals surface area contributed by atoms with Crippen molar-refractivity contribution in [2.45, 2.75) is 96.2 Å². The maximum absolute atomic E-state index is 14.6. The van der Waals surface area contributed by atoms with Gasteiger partial charge in [-0.25, -0.2) is 8.78 Å². The van der Waals surface area contributed by atoms with Crippen molar-refractivity contribution < 1.29 is 33.1 Å². The van der Waals surface area contributed by atoms with Gasteiger partial charge in [0.2, 0.25) is 0 Å². The van der Waals surface area contributed by atoms with Crippen LogP contribution in [0.5, 0.6) is 0 Å². The molecule has 0 bridgehead atoms. The number of fused-ring (bicyclic) bond motifs is 5. The monoisotopic (exact) mass is 490 g/mol. The molecule has 3 N–H and O–H groups in total. The highest BCUT2D eigenvalue weighted by Gasteiger charge is 2.65. The van der Waals surface area contributed by atoms with E-state index in [0.29, 0.717) is 42.5 Å². The number of carbonyl (C=O) groups excluding carboxylic acids is 1. The van der Waals surface area contributed by atoms with E-state index in [1.807, 2.05) is 6.92 Å². The Hall–Kier alpha value is -0.440. The minimum Gasteiger partial charge on any atom is -0.465 e. The van der Waals surface area contributed by atoms with E-state index >= 15 is 0 Å². The van der Waals surface area contributed by atoms with Gasteiger partial charge in [0.1, 0.15) is 12.7 Å². The zero-order valence-corrected chi connectivity index (χ0v) is 20.7. The lowest BCUT2D eigenvalue weighted by Gasteiger charge is -2.63. The Morgan fingerprint density at radius 2 is 1.82 bits per heavy atom. The van der Waals surface area contributed by atoms with Crippen LogP contribution < -0.4 is 0 Å². The Morgan fingerprint density at radius 3 is 2.55 bits per heavy atom. The molecule has 0 heterocycles. The van der Waals surface area contributed by atoms with Crippen molar-refractivity contribution in [1.82, 2.24) is 0 Å². The van der Waals surface area contributed by atoms with Crippen LogP contribution in [0.2, 0.25) is 0 Å². The van der Waals surface area contributed by atoms with Crippen LogP contribution in [-0.2, 0) is 9.53 Å². The molecule has 4 aliphatic carbocycles. The molecule has 33 heavy (non-hydrogen) atoms. The Labute approximate surface area is 200 Å². The molecule has 8 heteroatoms. The van der Waals surface area contributed by atoms with Gasteiger partial charge in [-0.3, -0.25) is 4.79 Å². The number of alkyl halides is 2. The van der Waals surface area contributed by atoms with E-state index in [2.05, 4.69) is 6.92 Å². The summed E-state index contributed by atoms with van der Waals surface area (Å²) in [5.41, 5.74) is -0.470. The third-order valence-corrected chi connectivity index (χ3v) is 10.6. The first-order chi connectivity index (χ1) is 15.5. The summed E-state index contributed by atoms with van der Waals surface area (Å²) in [5, 5.41) is 21.2. The van der Waals surface area contributed by atoms with Crippen LogP contribution in [0.1, 0.15) is 78.1 Å². The normalized spacial score (nSPS) is 46.2. The standard InChI is InChI=1S/C25H40F2O5S/c1-23-9-8-18-22(19(28)12-16-13-20(29)25(26,27)14-24(16,18)2)17(23)7-6-15(23)4-3-5-21(30)32-10-11-33-31/h15-20,22,28-29,31H,3-14H2,1-2H3. The summed E-state index contributed by atoms with van der Waals surface area (Å²) in [7, 11) is 0. The molecule has 0 aromatic heterocycles. The van der Waals surface area contributed by atoms with Gasteiger partial charge in [-0.15, -0.1) is 0 Å². The van der Waals surface area contributed by atoms with Crippen molar-refractivity contribution in [2.24, 2.45) is 40.4 Å². The molecule has 0 aliphatic heterocycles. The van der Waals surface area contributed by atoms with Crippen molar-refractivity contribution in [3.05, 3.63) is 0 Å². The molecule has 190 valence electrons. The van der Waals surface area contributed by atoms with Gasteiger partial charge in [-0.1, -0.05) is 13.8 Å². The smallest absolute Gasteiger partial charge is 0.305 e. The van der Waals surface area contributed by atoms with Gasteiger partial charge in [-0.2, -0.15) is 0 Å². The number of aliphatic hydroxyl groups is 2. The molecule has 0 aromatic rings. The Bertz CT molecular complexity index is 723. The molecular formula is C25H40F2O5S. The molecule has 0 saturated heterocycles. The van der Waals surface area contributed by atoms with Crippen LogP contribution in [0.15, 0.2) is 0 Å². The highest BCUT2D eigenvalue weighted by molar-refractivity contribution is 7.93. The molecule has 4 fully saturated rings. The van der Waals surface area contributed by atoms with E-state index in [4.69, 9.17) is 9.29 Å². The van der Waals surface area contributed by atoms with Gasteiger partial charge in [-0.05, 0) is 104 Å². The lowest BCUT2D eigenvalue weighted by molar-refractivity contribution is -0.235. The van der Waals surface area contributed by atoms with Crippen LogP contribution in [0.3, 0.4) is 0 Å². The average Bonchev–Trinajstić information content (AvgIpc) is 3.07. The third kappa shape index (κ3) is 4.58.